The molecular weight excluding hydrogens is 222 g/mol. The van der Waals surface area contributed by atoms with Gasteiger partial charge in [0.1, 0.15) is 0 Å². The van der Waals surface area contributed by atoms with Crippen LogP contribution in [0.2, 0.25) is 0 Å². The Bertz CT molecular complexity index is 336. The number of aliphatic hydroxyl groups is 1. The van der Waals surface area contributed by atoms with Crippen LogP contribution in [0.25, 0.3) is 0 Å². The molecule has 1 aromatic rings. The molecule has 17 heavy (non-hydrogen) atoms. The third kappa shape index (κ3) is 4.44. The van der Waals surface area contributed by atoms with Crippen molar-refractivity contribution in [3.63, 3.8) is 0 Å². The molecule has 2 atom stereocenters. The van der Waals surface area contributed by atoms with Gasteiger partial charge in [-0.05, 0) is 20.3 Å². The Morgan fingerprint density at radius 1 is 1.24 bits per heavy atom. The van der Waals surface area contributed by atoms with Crippen LogP contribution in [0, 0.1) is 0 Å². The summed E-state index contributed by atoms with van der Waals surface area (Å²) in [5, 5.41) is 12.4. The van der Waals surface area contributed by atoms with Gasteiger partial charge in [0.05, 0.1) is 26.4 Å². The molecule has 1 aromatic heterocycles. The molecule has 0 amide bonds. The molecule has 1 heterocycles. The summed E-state index contributed by atoms with van der Waals surface area (Å²) in [4.78, 5) is 8.28. The lowest BCUT2D eigenvalue weighted by molar-refractivity contribution is 0.179. The number of aliphatic hydroxyl groups excluding tert-OH is 1. The smallest absolute Gasteiger partial charge is 0.229 e. The molecule has 0 aliphatic carbocycles. The highest BCUT2D eigenvalue weighted by atomic mass is 16.5. The van der Waals surface area contributed by atoms with E-state index in [0.29, 0.717) is 24.1 Å². The van der Waals surface area contributed by atoms with Gasteiger partial charge in [0.25, 0.3) is 0 Å². The first-order valence-electron chi connectivity index (χ1n) is 5.46. The van der Waals surface area contributed by atoms with Crippen LogP contribution in [0.5, 0.6) is 11.8 Å². The Morgan fingerprint density at radius 3 is 2.18 bits per heavy atom. The van der Waals surface area contributed by atoms with Crippen molar-refractivity contribution >= 4 is 5.95 Å². The zero-order valence-electron chi connectivity index (χ0n) is 10.6. The number of nitrogens with one attached hydrogen (secondary N) is 1. The predicted octanol–water partition coefficient (Wildman–Crippen LogP) is 1.07. The molecule has 6 nitrogen and oxygen atoms in total. The number of anilines is 1. The fourth-order valence-corrected chi connectivity index (χ4v) is 1.47. The van der Waals surface area contributed by atoms with Crippen LogP contribution in [-0.2, 0) is 0 Å². The predicted molar refractivity (Wildman–Crippen MR) is 64.5 cm³/mol. The lowest BCUT2D eigenvalue weighted by atomic mass is 10.2. The van der Waals surface area contributed by atoms with Crippen LogP contribution in [0.1, 0.15) is 20.3 Å². The summed E-state index contributed by atoms with van der Waals surface area (Å²) < 4.78 is 10.1. The maximum absolute atomic E-state index is 9.27. The maximum Gasteiger partial charge on any atom is 0.229 e. The average Bonchev–Trinajstić information content (AvgIpc) is 2.27. The van der Waals surface area contributed by atoms with Gasteiger partial charge in [-0.15, -0.1) is 0 Å². The highest BCUT2D eigenvalue weighted by Crippen LogP contribution is 2.18. The third-order valence-corrected chi connectivity index (χ3v) is 2.17. The largest absolute Gasteiger partial charge is 0.481 e. The second-order valence-electron chi connectivity index (χ2n) is 3.91. The standard InChI is InChI=1S/C11H19N3O3/c1-7(5-8(2)15)12-11-13-9(16-3)6-10(14-11)17-4/h6-8,15H,5H2,1-4H3,(H,12,13,14). The van der Waals surface area contributed by atoms with Crippen LogP contribution in [0.15, 0.2) is 6.07 Å². The summed E-state index contributed by atoms with van der Waals surface area (Å²) in [6.07, 6.45) is 0.244. The highest BCUT2D eigenvalue weighted by Gasteiger charge is 2.10. The lowest BCUT2D eigenvalue weighted by Crippen LogP contribution is -2.22. The second kappa shape index (κ2) is 6.24. The molecule has 0 aliphatic heterocycles. The normalized spacial score (nSPS) is 13.9. The van der Waals surface area contributed by atoms with Gasteiger partial charge in [-0.3, -0.25) is 0 Å². The van der Waals surface area contributed by atoms with Gasteiger partial charge in [0.2, 0.25) is 17.7 Å². The van der Waals surface area contributed by atoms with Crippen molar-refractivity contribution in [1.29, 1.82) is 0 Å². The molecule has 0 radical (unpaired) electrons. The molecule has 2 unspecified atom stereocenters. The topological polar surface area (TPSA) is 76.5 Å². The van der Waals surface area contributed by atoms with E-state index < -0.39 is 0 Å². The zero-order chi connectivity index (χ0) is 12.8. The zero-order valence-corrected chi connectivity index (χ0v) is 10.6. The van der Waals surface area contributed by atoms with Gasteiger partial charge in [-0.25, -0.2) is 0 Å². The van der Waals surface area contributed by atoms with Crippen molar-refractivity contribution in [2.75, 3.05) is 19.5 Å². The van der Waals surface area contributed by atoms with E-state index in [1.165, 1.54) is 14.2 Å². The summed E-state index contributed by atoms with van der Waals surface area (Å²) in [5.41, 5.74) is 0. The van der Waals surface area contributed by atoms with Gasteiger partial charge in [-0.2, -0.15) is 9.97 Å². The molecule has 0 bridgehead atoms. The SMILES string of the molecule is COc1cc(OC)nc(NC(C)CC(C)O)n1. The van der Waals surface area contributed by atoms with Gasteiger partial charge in [0, 0.05) is 6.04 Å². The van der Waals surface area contributed by atoms with E-state index in [-0.39, 0.29) is 12.1 Å². The Kier molecular flexibility index (Phi) is 4.96. The Hall–Kier alpha value is -1.56. The maximum atomic E-state index is 9.27. The number of rotatable bonds is 6. The highest BCUT2D eigenvalue weighted by molar-refractivity contribution is 5.34. The lowest BCUT2D eigenvalue weighted by Gasteiger charge is -2.16. The van der Waals surface area contributed by atoms with E-state index in [1.54, 1.807) is 13.0 Å². The minimum absolute atomic E-state index is 0.0619. The van der Waals surface area contributed by atoms with Crippen LogP contribution in [0.3, 0.4) is 0 Å². The minimum Gasteiger partial charge on any atom is -0.481 e. The van der Waals surface area contributed by atoms with Crippen molar-refractivity contribution in [1.82, 2.24) is 9.97 Å². The quantitative estimate of drug-likeness (QED) is 0.775. The van der Waals surface area contributed by atoms with Gasteiger partial charge in [0.15, 0.2) is 0 Å². The minimum atomic E-state index is -0.370. The summed E-state index contributed by atoms with van der Waals surface area (Å²) in [7, 11) is 3.07. The molecule has 0 saturated carbocycles. The molecule has 96 valence electrons. The fourth-order valence-electron chi connectivity index (χ4n) is 1.47. The van der Waals surface area contributed by atoms with E-state index in [2.05, 4.69) is 15.3 Å². The van der Waals surface area contributed by atoms with Crippen molar-refractivity contribution in [2.24, 2.45) is 0 Å². The number of nitrogens with zero attached hydrogens (tertiary/aromatic N) is 2. The number of ether oxygens (including phenoxy) is 2. The van der Waals surface area contributed by atoms with Gasteiger partial charge >= 0.3 is 0 Å². The van der Waals surface area contributed by atoms with Crippen LogP contribution >= 0.6 is 0 Å². The number of hydrogen-bond acceptors (Lipinski definition) is 6. The van der Waals surface area contributed by atoms with Gasteiger partial charge < -0.3 is 19.9 Å². The first-order chi connectivity index (χ1) is 8.05. The second-order valence-corrected chi connectivity index (χ2v) is 3.91. The van der Waals surface area contributed by atoms with Crippen LogP contribution in [-0.4, -0.2) is 41.4 Å². The van der Waals surface area contributed by atoms with Crippen molar-refractivity contribution in [3.8, 4) is 11.8 Å². The first kappa shape index (κ1) is 13.5. The van der Waals surface area contributed by atoms with Crippen molar-refractivity contribution in [3.05, 3.63) is 6.07 Å². The first-order valence-corrected chi connectivity index (χ1v) is 5.46. The molecular formula is C11H19N3O3. The summed E-state index contributed by atoms with van der Waals surface area (Å²) in [5.74, 6) is 1.29. The molecule has 0 aliphatic rings. The molecule has 2 N–H and O–H groups in total. The number of hydrogen-bond donors (Lipinski definition) is 2. The van der Waals surface area contributed by atoms with E-state index in [1.807, 2.05) is 6.92 Å². The Morgan fingerprint density at radius 2 is 1.76 bits per heavy atom. The molecule has 0 aromatic carbocycles. The van der Waals surface area contributed by atoms with E-state index >= 15 is 0 Å². The fraction of sp³-hybridized carbons (Fsp3) is 0.636. The Labute approximate surface area is 101 Å². The average molecular weight is 241 g/mol. The molecule has 6 heteroatoms. The molecule has 1 rings (SSSR count). The number of methoxy groups -OCH3 is 2. The van der Waals surface area contributed by atoms with E-state index in [9.17, 15) is 5.11 Å². The van der Waals surface area contributed by atoms with Crippen LogP contribution < -0.4 is 14.8 Å². The van der Waals surface area contributed by atoms with Crippen molar-refractivity contribution in [2.45, 2.75) is 32.4 Å². The van der Waals surface area contributed by atoms with E-state index in [4.69, 9.17) is 9.47 Å². The van der Waals surface area contributed by atoms with Gasteiger partial charge in [-0.1, -0.05) is 0 Å². The van der Waals surface area contributed by atoms with E-state index in [0.717, 1.165) is 0 Å². The molecule has 0 saturated heterocycles. The van der Waals surface area contributed by atoms with Crippen LogP contribution in [0.4, 0.5) is 5.95 Å². The Balaban J connectivity index is 2.75. The van der Waals surface area contributed by atoms with Crippen molar-refractivity contribution < 1.29 is 14.6 Å². The summed E-state index contributed by atoms with van der Waals surface area (Å²) >= 11 is 0. The summed E-state index contributed by atoms with van der Waals surface area (Å²) in [6, 6.07) is 1.66. The molecule has 0 spiro atoms. The monoisotopic (exact) mass is 241 g/mol. The summed E-state index contributed by atoms with van der Waals surface area (Å²) in [6.45, 7) is 3.69. The molecule has 0 fully saturated rings. The third-order valence-electron chi connectivity index (χ3n) is 2.17. The number of aromatic nitrogens is 2.